The first kappa shape index (κ1) is 35.6. The number of amides is 2. The van der Waals surface area contributed by atoms with Crippen LogP contribution in [0, 0.1) is 23.2 Å². The zero-order valence-corrected chi connectivity index (χ0v) is 29.5. The minimum absolute atomic E-state index is 0.0347. The third-order valence-corrected chi connectivity index (χ3v) is 10.7. The number of carbonyl (C=O) groups excluding carboxylic acids is 2. The van der Waals surface area contributed by atoms with Gasteiger partial charge in [-0.25, -0.2) is 15.0 Å². The summed E-state index contributed by atoms with van der Waals surface area (Å²) in [5.41, 5.74) is 2.69. The van der Waals surface area contributed by atoms with E-state index < -0.39 is 5.91 Å². The van der Waals surface area contributed by atoms with Crippen LogP contribution in [0.3, 0.4) is 0 Å². The second-order valence-electron chi connectivity index (χ2n) is 12.9. The van der Waals surface area contributed by atoms with Gasteiger partial charge in [0, 0.05) is 37.3 Å². The van der Waals surface area contributed by atoms with E-state index in [4.69, 9.17) is 4.98 Å². The van der Waals surface area contributed by atoms with E-state index in [-0.39, 0.29) is 11.5 Å². The molecule has 0 bridgehead atoms. The average molecular weight is 644 g/mol. The van der Waals surface area contributed by atoms with Crippen molar-refractivity contribution in [1.29, 1.82) is 5.26 Å². The van der Waals surface area contributed by atoms with Crippen molar-refractivity contribution in [2.24, 2.45) is 11.8 Å². The molecular formula is C38H53N5O2S. The van der Waals surface area contributed by atoms with E-state index in [0.29, 0.717) is 36.1 Å². The number of hydrogen-bond donors (Lipinski definition) is 0. The first-order valence-corrected chi connectivity index (χ1v) is 18.5. The normalized spacial score (nSPS) is 18.3. The average Bonchev–Trinajstić information content (AvgIpc) is 3.51. The Kier molecular flexibility index (Phi) is 13.6. The fraction of sp³-hybridized carbons (Fsp3) is 0.579. The van der Waals surface area contributed by atoms with E-state index in [1.165, 1.54) is 43.5 Å². The Labute approximate surface area is 281 Å². The summed E-state index contributed by atoms with van der Waals surface area (Å²) in [6, 6.07) is 12.3. The standard InChI is InChI=1S/C38H53N5O2S/c1-6-10-18-29(8-3)26-41(27-30(9-4)19-11-7-2)38-40-35(31-20-14-12-15-21-31)34(46-38)24-32-28(5)33(25-39)37(45)43(36(32)44)42-22-16-13-17-23-42/h12,14-15,20-21,24,29-30H,6-11,13,16-19,22-23,26-27H2,1-5H3/b32-24-. The topological polar surface area (TPSA) is 80.5 Å². The highest BCUT2D eigenvalue weighted by molar-refractivity contribution is 7.17. The summed E-state index contributed by atoms with van der Waals surface area (Å²) in [7, 11) is 0. The van der Waals surface area contributed by atoms with Gasteiger partial charge in [-0.15, -0.1) is 0 Å². The van der Waals surface area contributed by atoms with Gasteiger partial charge in [0.05, 0.1) is 10.6 Å². The Hall–Kier alpha value is -3.28. The first-order valence-electron chi connectivity index (χ1n) is 17.6. The predicted octanol–water partition coefficient (Wildman–Crippen LogP) is 9.04. The van der Waals surface area contributed by atoms with Crippen LogP contribution >= 0.6 is 11.3 Å². The van der Waals surface area contributed by atoms with Crippen LogP contribution in [0.4, 0.5) is 5.13 Å². The second-order valence-corrected chi connectivity index (χ2v) is 13.9. The summed E-state index contributed by atoms with van der Waals surface area (Å²) < 4.78 is 0. The van der Waals surface area contributed by atoms with Crippen molar-refractivity contribution >= 4 is 34.4 Å². The molecule has 1 fully saturated rings. The molecule has 2 aromatic rings. The summed E-state index contributed by atoms with van der Waals surface area (Å²) in [5, 5.41) is 14.1. The summed E-state index contributed by atoms with van der Waals surface area (Å²) >= 11 is 1.62. The van der Waals surface area contributed by atoms with Crippen LogP contribution in [0.1, 0.15) is 110 Å². The van der Waals surface area contributed by atoms with Crippen molar-refractivity contribution in [1.82, 2.24) is 15.0 Å². The molecule has 3 heterocycles. The number of unbranched alkanes of at least 4 members (excludes halogenated alkanes) is 2. The van der Waals surface area contributed by atoms with Gasteiger partial charge in [0.1, 0.15) is 11.6 Å². The Morgan fingerprint density at radius 3 is 2.09 bits per heavy atom. The molecule has 1 aromatic carbocycles. The van der Waals surface area contributed by atoms with Gasteiger partial charge in [-0.3, -0.25) is 9.59 Å². The Morgan fingerprint density at radius 2 is 1.54 bits per heavy atom. The number of nitrogens with zero attached hydrogens (tertiary/aromatic N) is 5. The molecule has 8 heteroatoms. The van der Waals surface area contributed by atoms with E-state index in [1.54, 1.807) is 18.3 Å². The number of piperidine rings is 1. The van der Waals surface area contributed by atoms with Crippen molar-refractivity contribution in [2.75, 3.05) is 31.1 Å². The number of carbonyl (C=O) groups is 2. The number of rotatable bonds is 16. The quantitative estimate of drug-likeness (QED) is 0.134. The molecule has 1 saturated heterocycles. The monoisotopic (exact) mass is 643 g/mol. The molecule has 2 unspecified atom stereocenters. The van der Waals surface area contributed by atoms with Gasteiger partial charge >= 0.3 is 0 Å². The lowest BCUT2D eigenvalue weighted by Crippen LogP contribution is -2.54. The number of anilines is 1. The zero-order chi connectivity index (χ0) is 33.1. The lowest BCUT2D eigenvalue weighted by atomic mass is 9.95. The molecule has 0 radical (unpaired) electrons. The number of hydrogen-bond acceptors (Lipinski definition) is 7. The molecule has 4 rings (SSSR count). The van der Waals surface area contributed by atoms with Crippen molar-refractivity contribution in [3.8, 4) is 17.3 Å². The van der Waals surface area contributed by atoms with Crippen LogP contribution in [0.25, 0.3) is 17.3 Å². The fourth-order valence-corrected chi connectivity index (χ4v) is 7.63. The second kappa shape index (κ2) is 17.6. The highest BCUT2D eigenvalue weighted by Crippen LogP contribution is 2.38. The molecule has 1 aromatic heterocycles. The van der Waals surface area contributed by atoms with Gasteiger partial charge in [0.15, 0.2) is 5.13 Å². The minimum Gasteiger partial charge on any atom is -0.348 e. The molecule has 2 aliphatic rings. The van der Waals surface area contributed by atoms with Gasteiger partial charge < -0.3 is 4.90 Å². The van der Waals surface area contributed by atoms with Crippen LogP contribution in [-0.4, -0.2) is 53.0 Å². The summed E-state index contributed by atoms with van der Waals surface area (Å²) in [6.45, 7) is 14.0. The Balaban J connectivity index is 1.83. The summed E-state index contributed by atoms with van der Waals surface area (Å²) in [5.74, 6) is 0.299. The number of imide groups is 1. The number of benzene rings is 1. The molecule has 0 aliphatic carbocycles. The van der Waals surface area contributed by atoms with Gasteiger partial charge in [0.2, 0.25) is 0 Å². The van der Waals surface area contributed by atoms with Gasteiger partial charge in [-0.1, -0.05) is 114 Å². The first-order chi connectivity index (χ1) is 22.4. The van der Waals surface area contributed by atoms with Crippen molar-refractivity contribution < 1.29 is 9.59 Å². The highest BCUT2D eigenvalue weighted by Gasteiger charge is 2.39. The molecule has 2 aliphatic heterocycles. The van der Waals surface area contributed by atoms with Crippen molar-refractivity contribution in [2.45, 2.75) is 105 Å². The maximum Gasteiger partial charge on any atom is 0.286 e. The van der Waals surface area contributed by atoms with Crippen molar-refractivity contribution in [3.05, 3.63) is 51.9 Å². The van der Waals surface area contributed by atoms with E-state index in [2.05, 4.69) is 50.8 Å². The summed E-state index contributed by atoms with van der Waals surface area (Å²) in [4.78, 5) is 36.2. The van der Waals surface area contributed by atoms with E-state index >= 15 is 0 Å². The van der Waals surface area contributed by atoms with Crippen molar-refractivity contribution in [3.63, 3.8) is 0 Å². The Morgan fingerprint density at radius 1 is 0.935 bits per heavy atom. The van der Waals surface area contributed by atoms with Crippen LogP contribution in [0.5, 0.6) is 0 Å². The summed E-state index contributed by atoms with van der Waals surface area (Å²) in [6.07, 6.45) is 14.3. The Bertz CT molecular complexity index is 1400. The molecule has 2 atom stereocenters. The largest absolute Gasteiger partial charge is 0.348 e. The van der Waals surface area contributed by atoms with Crippen LogP contribution < -0.4 is 4.90 Å². The predicted molar refractivity (Wildman–Crippen MR) is 190 cm³/mol. The lowest BCUT2D eigenvalue weighted by molar-refractivity contribution is -0.161. The molecule has 248 valence electrons. The van der Waals surface area contributed by atoms with E-state index in [9.17, 15) is 14.9 Å². The molecule has 7 nitrogen and oxygen atoms in total. The minimum atomic E-state index is -0.515. The third-order valence-electron chi connectivity index (χ3n) is 9.61. The molecular weight excluding hydrogens is 591 g/mol. The van der Waals surface area contributed by atoms with Crippen LogP contribution in [0.15, 0.2) is 47.1 Å². The molecule has 2 amide bonds. The number of hydrazine groups is 1. The molecule has 46 heavy (non-hydrogen) atoms. The van der Waals surface area contributed by atoms with Gasteiger partial charge in [0.25, 0.3) is 11.8 Å². The zero-order valence-electron chi connectivity index (χ0n) is 28.7. The number of nitriles is 1. The fourth-order valence-electron chi connectivity index (χ4n) is 6.58. The van der Waals surface area contributed by atoms with Crippen LogP contribution in [0.2, 0.25) is 0 Å². The van der Waals surface area contributed by atoms with Gasteiger partial charge in [-0.05, 0) is 56.1 Å². The molecule has 0 saturated carbocycles. The molecule has 0 spiro atoms. The van der Waals surface area contributed by atoms with E-state index in [1.807, 2.05) is 29.3 Å². The van der Waals surface area contributed by atoms with Gasteiger partial charge in [-0.2, -0.15) is 5.26 Å². The number of aromatic nitrogens is 1. The molecule has 0 N–H and O–H groups in total. The third kappa shape index (κ3) is 8.54. The maximum absolute atomic E-state index is 14.1. The highest BCUT2D eigenvalue weighted by atomic mass is 32.1. The van der Waals surface area contributed by atoms with Crippen LogP contribution in [-0.2, 0) is 9.59 Å². The smallest absolute Gasteiger partial charge is 0.286 e. The number of thiazole rings is 1. The SMILES string of the molecule is CCCCC(CC)CN(CC(CC)CCCC)c1nc(-c2ccccc2)c(/C=C2\C(=O)N(N3CCCCC3)C(=O)C(C#N)=C2C)s1. The lowest BCUT2D eigenvalue weighted by Gasteiger charge is -2.38. The maximum atomic E-state index is 14.1. The van der Waals surface area contributed by atoms with E-state index in [0.717, 1.165) is 66.5 Å².